The third-order valence-corrected chi connectivity index (χ3v) is 5.55. The number of nitriles is 1. The molecule has 1 saturated heterocycles. The van der Waals surface area contributed by atoms with Gasteiger partial charge >= 0.3 is 6.18 Å². The lowest BCUT2D eigenvalue weighted by molar-refractivity contribution is -0.179. The molecule has 3 nitrogen and oxygen atoms in total. The Morgan fingerprint density at radius 1 is 1.40 bits per heavy atom. The molecule has 2 rings (SSSR count). The Kier molecular flexibility index (Phi) is 4.39. The summed E-state index contributed by atoms with van der Waals surface area (Å²) in [6.45, 7) is 0.700. The maximum atomic E-state index is 12.7. The normalized spacial score (nSPS) is 17.2. The van der Waals surface area contributed by atoms with E-state index < -0.39 is 12.1 Å². The molecule has 0 atom stereocenters. The van der Waals surface area contributed by atoms with Gasteiger partial charge in [0.1, 0.15) is 15.9 Å². The molecule has 1 fully saturated rings. The average molecular weight is 321 g/mol. The largest absolute Gasteiger partial charge is 0.396 e. The number of piperidine rings is 1. The summed E-state index contributed by atoms with van der Waals surface area (Å²) in [7, 11) is 0. The molecule has 0 bridgehead atoms. The third kappa shape index (κ3) is 2.83. The molecule has 110 valence electrons. The summed E-state index contributed by atoms with van der Waals surface area (Å²) in [6, 6.07) is 2.04. The summed E-state index contributed by atoms with van der Waals surface area (Å²) < 4.78 is 38.0. The molecule has 0 amide bonds. The first-order chi connectivity index (χ1) is 9.38. The standard InChI is InChI=1S/C12H14F3N3S2/c1-19-10-9(17)8(6-16)20-11(10)18-4-2-7(3-5-18)12(13,14)15/h7H,2-5,17H2,1H3. The van der Waals surface area contributed by atoms with Crippen molar-refractivity contribution in [1.82, 2.24) is 0 Å². The monoisotopic (exact) mass is 321 g/mol. The van der Waals surface area contributed by atoms with Crippen molar-refractivity contribution < 1.29 is 13.2 Å². The Balaban J connectivity index is 2.17. The van der Waals surface area contributed by atoms with E-state index in [1.807, 2.05) is 17.2 Å². The summed E-state index contributed by atoms with van der Waals surface area (Å²) in [5, 5.41) is 9.83. The zero-order valence-corrected chi connectivity index (χ0v) is 12.5. The third-order valence-electron chi connectivity index (χ3n) is 3.43. The molecule has 1 aromatic heterocycles. The fraction of sp³-hybridized carbons (Fsp3) is 0.583. The first-order valence-corrected chi connectivity index (χ1v) is 8.10. The molecular weight excluding hydrogens is 307 g/mol. The van der Waals surface area contributed by atoms with Crippen molar-refractivity contribution in [2.24, 2.45) is 5.92 Å². The van der Waals surface area contributed by atoms with Crippen LogP contribution < -0.4 is 10.6 Å². The van der Waals surface area contributed by atoms with Gasteiger partial charge in [-0.3, -0.25) is 0 Å². The number of nitrogens with two attached hydrogens (primary N) is 1. The van der Waals surface area contributed by atoms with Gasteiger partial charge in [-0.2, -0.15) is 18.4 Å². The predicted molar refractivity (Wildman–Crippen MR) is 76.2 cm³/mol. The summed E-state index contributed by atoms with van der Waals surface area (Å²) >= 11 is 2.69. The number of hydrogen-bond acceptors (Lipinski definition) is 5. The van der Waals surface area contributed by atoms with Crippen LogP contribution in [-0.2, 0) is 0 Å². The van der Waals surface area contributed by atoms with Gasteiger partial charge in [-0.25, -0.2) is 0 Å². The van der Waals surface area contributed by atoms with Crippen LogP contribution in [0.3, 0.4) is 0 Å². The van der Waals surface area contributed by atoms with Crippen molar-refractivity contribution in [3.63, 3.8) is 0 Å². The number of thiophene rings is 1. The van der Waals surface area contributed by atoms with Crippen LogP contribution in [0.25, 0.3) is 0 Å². The molecule has 0 radical (unpaired) electrons. The molecule has 2 heterocycles. The molecule has 2 N–H and O–H groups in total. The summed E-state index contributed by atoms with van der Waals surface area (Å²) in [6.07, 6.45) is -2.07. The molecule has 20 heavy (non-hydrogen) atoms. The molecule has 8 heteroatoms. The second-order valence-corrected chi connectivity index (χ2v) is 6.41. The van der Waals surface area contributed by atoms with Crippen LogP contribution >= 0.6 is 23.1 Å². The second-order valence-electron chi connectivity index (χ2n) is 4.60. The van der Waals surface area contributed by atoms with E-state index in [2.05, 4.69) is 0 Å². The van der Waals surface area contributed by atoms with Crippen molar-refractivity contribution >= 4 is 33.8 Å². The fourth-order valence-electron chi connectivity index (χ4n) is 2.31. The van der Waals surface area contributed by atoms with Crippen molar-refractivity contribution in [1.29, 1.82) is 5.26 Å². The van der Waals surface area contributed by atoms with Crippen molar-refractivity contribution in [3.8, 4) is 6.07 Å². The Morgan fingerprint density at radius 2 is 2.00 bits per heavy atom. The minimum atomic E-state index is -4.11. The van der Waals surface area contributed by atoms with Gasteiger partial charge in [0.2, 0.25) is 0 Å². The Bertz CT molecular complexity index is 525. The highest BCUT2D eigenvalue weighted by atomic mass is 32.2. The molecule has 1 aromatic rings. The zero-order valence-electron chi connectivity index (χ0n) is 10.8. The van der Waals surface area contributed by atoms with Gasteiger partial charge in [0.25, 0.3) is 0 Å². The van der Waals surface area contributed by atoms with E-state index in [0.29, 0.717) is 23.7 Å². The maximum absolute atomic E-state index is 12.7. The molecular formula is C12H14F3N3S2. The van der Waals surface area contributed by atoms with E-state index in [1.54, 1.807) is 0 Å². The quantitative estimate of drug-likeness (QED) is 0.844. The number of rotatable bonds is 2. The first-order valence-electron chi connectivity index (χ1n) is 6.06. The zero-order chi connectivity index (χ0) is 14.9. The number of hydrogen-bond donors (Lipinski definition) is 1. The van der Waals surface area contributed by atoms with Gasteiger partial charge in [0, 0.05) is 13.1 Å². The van der Waals surface area contributed by atoms with E-state index in [-0.39, 0.29) is 12.8 Å². The Labute approximate surface area is 123 Å². The van der Waals surface area contributed by atoms with Crippen LogP contribution in [0.15, 0.2) is 4.90 Å². The minimum Gasteiger partial charge on any atom is -0.396 e. The molecule has 1 aliphatic heterocycles. The van der Waals surface area contributed by atoms with Crippen molar-refractivity contribution in [3.05, 3.63) is 4.88 Å². The summed E-state index contributed by atoms with van der Waals surface area (Å²) in [4.78, 5) is 3.15. The van der Waals surface area contributed by atoms with Gasteiger partial charge in [0.05, 0.1) is 16.5 Å². The number of anilines is 2. The lowest BCUT2D eigenvalue weighted by Gasteiger charge is -2.34. The molecule has 0 unspecified atom stereocenters. The Hall–Kier alpha value is -1.07. The van der Waals surface area contributed by atoms with Gasteiger partial charge in [-0.1, -0.05) is 0 Å². The lowest BCUT2D eigenvalue weighted by atomic mass is 9.96. The highest BCUT2D eigenvalue weighted by Gasteiger charge is 2.41. The van der Waals surface area contributed by atoms with Crippen LogP contribution in [-0.4, -0.2) is 25.5 Å². The van der Waals surface area contributed by atoms with Crippen LogP contribution in [0.2, 0.25) is 0 Å². The van der Waals surface area contributed by atoms with Gasteiger partial charge in [0.15, 0.2) is 0 Å². The van der Waals surface area contributed by atoms with E-state index in [1.165, 1.54) is 23.1 Å². The van der Waals surface area contributed by atoms with Crippen LogP contribution in [0.5, 0.6) is 0 Å². The fourth-order valence-corrected chi connectivity index (χ4v) is 4.35. The number of thioether (sulfide) groups is 1. The first kappa shape index (κ1) is 15.3. The van der Waals surface area contributed by atoms with Gasteiger partial charge in [-0.05, 0) is 19.1 Å². The highest BCUT2D eigenvalue weighted by Crippen LogP contribution is 2.45. The average Bonchev–Trinajstić information content (AvgIpc) is 2.74. The van der Waals surface area contributed by atoms with Gasteiger partial charge < -0.3 is 10.6 Å². The molecule has 0 aliphatic carbocycles. The van der Waals surface area contributed by atoms with Crippen LogP contribution in [0, 0.1) is 17.2 Å². The minimum absolute atomic E-state index is 0.0943. The summed E-state index contributed by atoms with van der Waals surface area (Å²) in [5.41, 5.74) is 6.33. The van der Waals surface area contributed by atoms with Crippen LogP contribution in [0.1, 0.15) is 17.7 Å². The van der Waals surface area contributed by atoms with Crippen molar-refractivity contribution in [2.45, 2.75) is 23.9 Å². The van der Waals surface area contributed by atoms with E-state index in [0.717, 1.165) is 9.90 Å². The van der Waals surface area contributed by atoms with E-state index in [4.69, 9.17) is 11.0 Å². The SMILES string of the molecule is CSc1c(N2CCC(C(F)(F)F)CC2)sc(C#N)c1N. The molecule has 0 saturated carbocycles. The smallest absolute Gasteiger partial charge is 0.391 e. The maximum Gasteiger partial charge on any atom is 0.391 e. The van der Waals surface area contributed by atoms with Crippen LogP contribution in [0.4, 0.5) is 23.9 Å². The van der Waals surface area contributed by atoms with Gasteiger partial charge in [-0.15, -0.1) is 23.1 Å². The number of alkyl halides is 3. The van der Waals surface area contributed by atoms with E-state index in [9.17, 15) is 13.2 Å². The molecule has 0 aromatic carbocycles. The topological polar surface area (TPSA) is 53.0 Å². The number of nitrogens with zero attached hydrogens (tertiary/aromatic N) is 2. The van der Waals surface area contributed by atoms with Crippen molar-refractivity contribution in [2.75, 3.05) is 30.0 Å². The predicted octanol–water partition coefficient (Wildman–Crippen LogP) is 3.70. The number of halogens is 3. The molecule has 1 aliphatic rings. The Morgan fingerprint density at radius 3 is 2.45 bits per heavy atom. The molecule has 0 spiro atoms. The second kappa shape index (κ2) is 5.74. The lowest BCUT2D eigenvalue weighted by Crippen LogP contribution is -2.38. The summed E-state index contributed by atoms with van der Waals surface area (Å²) in [5.74, 6) is -1.22. The van der Waals surface area contributed by atoms with E-state index >= 15 is 0 Å². The highest BCUT2D eigenvalue weighted by molar-refractivity contribution is 7.99. The number of nitrogen functional groups attached to an aromatic ring is 1.